The van der Waals surface area contributed by atoms with E-state index in [0.717, 1.165) is 35.2 Å². The van der Waals surface area contributed by atoms with Crippen LogP contribution in [-0.2, 0) is 6.54 Å². The monoisotopic (exact) mass is 365 g/mol. The summed E-state index contributed by atoms with van der Waals surface area (Å²) in [4.78, 5) is 2.25. The van der Waals surface area contributed by atoms with Gasteiger partial charge in [-0.1, -0.05) is 42.0 Å². The molecule has 0 unspecified atom stereocenters. The molecule has 0 radical (unpaired) electrons. The van der Waals surface area contributed by atoms with Crippen molar-refractivity contribution in [3.05, 3.63) is 64.7 Å². The van der Waals surface area contributed by atoms with Crippen molar-refractivity contribution in [1.82, 2.24) is 4.90 Å². The van der Waals surface area contributed by atoms with Crippen LogP contribution < -0.4 is 9.47 Å². The molecule has 3 nitrogen and oxygen atoms in total. The summed E-state index contributed by atoms with van der Waals surface area (Å²) in [6.07, 6.45) is 4.26. The molecule has 1 aliphatic heterocycles. The first-order chi connectivity index (χ1) is 11.2. The van der Waals surface area contributed by atoms with E-state index >= 15 is 0 Å². The summed E-state index contributed by atoms with van der Waals surface area (Å²) in [6.45, 7) is 2.98. The Hall–Kier alpha value is -1.68. The highest BCUT2D eigenvalue weighted by molar-refractivity contribution is 6.30. The maximum absolute atomic E-state index is 5.89. The lowest BCUT2D eigenvalue weighted by atomic mass is 10.1. The zero-order valence-corrected chi connectivity index (χ0v) is 15.1. The lowest BCUT2D eigenvalue weighted by Crippen LogP contribution is -2.19. The second-order valence-electron chi connectivity index (χ2n) is 5.63. The van der Waals surface area contributed by atoms with Gasteiger partial charge in [-0.25, -0.2) is 0 Å². The van der Waals surface area contributed by atoms with E-state index in [0.29, 0.717) is 13.2 Å². The molecule has 2 aromatic carbocycles. The Bertz CT molecular complexity index is 686. The Morgan fingerprint density at radius 2 is 1.75 bits per heavy atom. The predicted octanol–water partition coefficient (Wildman–Crippen LogP) is 4.68. The van der Waals surface area contributed by atoms with Gasteiger partial charge in [0.25, 0.3) is 0 Å². The third-order valence-corrected chi connectivity index (χ3v) is 3.91. The van der Waals surface area contributed by atoms with Crippen molar-refractivity contribution < 1.29 is 9.47 Å². The molecule has 24 heavy (non-hydrogen) atoms. The summed E-state index contributed by atoms with van der Waals surface area (Å²) < 4.78 is 11.2. The first-order valence-corrected chi connectivity index (χ1v) is 8.08. The van der Waals surface area contributed by atoms with Crippen LogP contribution in [0.2, 0.25) is 5.02 Å². The number of benzene rings is 2. The number of hydrogen-bond acceptors (Lipinski definition) is 3. The highest BCUT2D eigenvalue weighted by Gasteiger charge is 2.12. The van der Waals surface area contributed by atoms with E-state index in [1.165, 1.54) is 5.56 Å². The van der Waals surface area contributed by atoms with Gasteiger partial charge in [0.15, 0.2) is 11.5 Å². The van der Waals surface area contributed by atoms with Gasteiger partial charge in [-0.15, -0.1) is 12.4 Å². The van der Waals surface area contributed by atoms with Crippen LogP contribution in [0.15, 0.2) is 48.5 Å². The highest BCUT2D eigenvalue weighted by atomic mass is 35.5. The maximum atomic E-state index is 5.89. The quantitative estimate of drug-likeness (QED) is 0.767. The smallest absolute Gasteiger partial charge is 0.161 e. The number of nitrogens with zero attached hydrogens (tertiary/aromatic N) is 1. The molecule has 0 amide bonds. The fraction of sp³-hybridized carbons (Fsp3) is 0.263. The highest BCUT2D eigenvalue weighted by Crippen LogP contribution is 2.31. The minimum atomic E-state index is 0. The summed E-state index contributed by atoms with van der Waals surface area (Å²) in [5, 5.41) is 0.762. The topological polar surface area (TPSA) is 21.7 Å². The Balaban J connectivity index is 0.00000208. The Morgan fingerprint density at radius 1 is 1.04 bits per heavy atom. The first-order valence-electron chi connectivity index (χ1n) is 7.70. The number of halogens is 2. The molecule has 0 bridgehead atoms. The fourth-order valence-electron chi connectivity index (χ4n) is 2.50. The molecule has 0 aliphatic carbocycles. The lowest BCUT2D eigenvalue weighted by molar-refractivity contribution is 0.171. The van der Waals surface area contributed by atoms with Crippen molar-refractivity contribution >= 4 is 30.1 Å². The predicted molar refractivity (Wildman–Crippen MR) is 102 cm³/mol. The molecule has 0 fully saturated rings. The lowest BCUT2D eigenvalue weighted by Gasteiger charge is -2.20. The average molecular weight is 366 g/mol. The Kier molecular flexibility index (Phi) is 6.98. The molecular weight excluding hydrogens is 345 g/mol. The summed E-state index contributed by atoms with van der Waals surface area (Å²) in [7, 11) is 2.10. The third kappa shape index (κ3) is 5.17. The van der Waals surface area contributed by atoms with Crippen molar-refractivity contribution in [3.8, 4) is 11.5 Å². The molecule has 1 heterocycles. The average Bonchev–Trinajstić information content (AvgIpc) is 2.56. The van der Waals surface area contributed by atoms with Gasteiger partial charge in [-0.3, -0.25) is 4.90 Å². The number of likely N-dealkylation sites (N-methyl/N-ethyl adjacent to an activating group) is 1. The van der Waals surface area contributed by atoms with Gasteiger partial charge in [-0.05, 0) is 42.4 Å². The summed E-state index contributed by atoms with van der Waals surface area (Å²) in [6, 6.07) is 14.0. The molecule has 0 saturated heterocycles. The van der Waals surface area contributed by atoms with Crippen LogP contribution in [-0.4, -0.2) is 31.7 Å². The number of ether oxygens (including phenoxy) is 2. The first kappa shape index (κ1) is 18.7. The van der Waals surface area contributed by atoms with Crippen molar-refractivity contribution in [2.75, 3.05) is 26.8 Å². The van der Waals surface area contributed by atoms with E-state index in [1.807, 2.05) is 30.3 Å². The standard InChI is InChI=1S/C19H20ClNO2.ClH/c1-21(10-2-3-15-4-7-17(20)8-5-15)14-16-6-9-18-19(13-16)23-12-11-22-18;/h2-9,13H,10-12,14H2,1H3;1H/b3-2+;. The van der Waals surface area contributed by atoms with Gasteiger partial charge in [0.2, 0.25) is 0 Å². The third-order valence-electron chi connectivity index (χ3n) is 3.66. The number of hydrogen-bond donors (Lipinski definition) is 0. The minimum Gasteiger partial charge on any atom is -0.486 e. The van der Waals surface area contributed by atoms with Crippen LogP contribution in [0.1, 0.15) is 11.1 Å². The number of fused-ring (bicyclic) bond motifs is 1. The largest absolute Gasteiger partial charge is 0.486 e. The van der Waals surface area contributed by atoms with E-state index in [9.17, 15) is 0 Å². The van der Waals surface area contributed by atoms with Gasteiger partial charge >= 0.3 is 0 Å². The van der Waals surface area contributed by atoms with Gasteiger partial charge < -0.3 is 9.47 Å². The molecule has 3 rings (SSSR count). The zero-order valence-electron chi connectivity index (χ0n) is 13.6. The Morgan fingerprint density at radius 3 is 2.50 bits per heavy atom. The van der Waals surface area contributed by atoms with Gasteiger partial charge in [0, 0.05) is 18.1 Å². The molecule has 0 atom stereocenters. The van der Waals surface area contributed by atoms with Gasteiger partial charge in [0.1, 0.15) is 13.2 Å². The van der Waals surface area contributed by atoms with E-state index < -0.39 is 0 Å². The van der Waals surface area contributed by atoms with Crippen LogP contribution in [0.4, 0.5) is 0 Å². The van der Waals surface area contributed by atoms with Gasteiger partial charge in [0.05, 0.1) is 0 Å². The van der Waals surface area contributed by atoms with Crippen molar-refractivity contribution in [3.63, 3.8) is 0 Å². The van der Waals surface area contributed by atoms with Crippen LogP contribution >= 0.6 is 24.0 Å². The fourth-order valence-corrected chi connectivity index (χ4v) is 2.63. The van der Waals surface area contributed by atoms with E-state index in [2.05, 4.69) is 36.2 Å². The van der Waals surface area contributed by atoms with Crippen molar-refractivity contribution in [1.29, 1.82) is 0 Å². The number of rotatable bonds is 5. The minimum absolute atomic E-state index is 0. The SMILES string of the molecule is CN(C/C=C/c1ccc(Cl)cc1)Cc1ccc2c(c1)OCCO2.Cl. The van der Waals surface area contributed by atoms with Crippen LogP contribution in [0, 0.1) is 0 Å². The van der Waals surface area contributed by atoms with E-state index in [4.69, 9.17) is 21.1 Å². The molecule has 0 saturated carbocycles. The summed E-state index contributed by atoms with van der Waals surface area (Å²) in [5.41, 5.74) is 2.37. The van der Waals surface area contributed by atoms with Crippen LogP contribution in [0.25, 0.3) is 6.08 Å². The van der Waals surface area contributed by atoms with Crippen molar-refractivity contribution in [2.24, 2.45) is 0 Å². The molecule has 5 heteroatoms. The van der Waals surface area contributed by atoms with Crippen LogP contribution in [0.3, 0.4) is 0 Å². The molecule has 1 aliphatic rings. The summed E-state index contributed by atoms with van der Waals surface area (Å²) >= 11 is 5.89. The molecular formula is C19H21Cl2NO2. The maximum Gasteiger partial charge on any atom is 0.161 e. The van der Waals surface area contributed by atoms with Crippen molar-refractivity contribution in [2.45, 2.75) is 6.54 Å². The normalized spacial score (nSPS) is 13.1. The molecule has 0 aromatic heterocycles. The van der Waals surface area contributed by atoms with E-state index in [1.54, 1.807) is 0 Å². The van der Waals surface area contributed by atoms with Gasteiger partial charge in [-0.2, -0.15) is 0 Å². The second-order valence-corrected chi connectivity index (χ2v) is 6.07. The van der Waals surface area contributed by atoms with Crippen LogP contribution in [0.5, 0.6) is 11.5 Å². The zero-order chi connectivity index (χ0) is 16.1. The second kappa shape index (κ2) is 8.97. The molecule has 0 spiro atoms. The summed E-state index contributed by atoms with van der Waals surface area (Å²) in [5.74, 6) is 1.68. The van der Waals surface area contributed by atoms with E-state index in [-0.39, 0.29) is 12.4 Å². The molecule has 2 aromatic rings. The Labute approximate surface area is 154 Å². The molecule has 0 N–H and O–H groups in total. The molecule has 128 valence electrons.